The normalized spacial score (nSPS) is 9.95. The molecule has 0 aliphatic heterocycles. The Morgan fingerprint density at radius 3 is 2.80 bits per heavy atom. The van der Waals surface area contributed by atoms with Crippen molar-refractivity contribution in [3.8, 4) is 5.75 Å². The van der Waals surface area contributed by atoms with E-state index in [1.54, 1.807) is 43.5 Å². The van der Waals surface area contributed by atoms with Crippen molar-refractivity contribution < 1.29 is 14.7 Å². The number of ether oxygens (including phenoxy) is 1. The second-order valence-corrected chi connectivity index (χ2v) is 4.07. The summed E-state index contributed by atoms with van der Waals surface area (Å²) in [6, 6.07) is 10.3. The van der Waals surface area contributed by atoms with Crippen molar-refractivity contribution in [2.24, 2.45) is 0 Å². The quantitative estimate of drug-likeness (QED) is 0.837. The van der Waals surface area contributed by atoms with Crippen molar-refractivity contribution in [1.29, 1.82) is 0 Å². The van der Waals surface area contributed by atoms with Crippen molar-refractivity contribution in [2.45, 2.75) is 6.92 Å². The van der Waals surface area contributed by atoms with E-state index in [4.69, 9.17) is 9.94 Å². The monoisotopic (exact) mass is 273 g/mol. The van der Waals surface area contributed by atoms with Crippen LogP contribution in [0.25, 0.3) is 0 Å². The Kier molecular flexibility index (Phi) is 4.17. The molecule has 6 heteroatoms. The molecule has 104 valence electrons. The molecule has 0 spiro atoms. The van der Waals surface area contributed by atoms with Crippen LogP contribution in [0.3, 0.4) is 0 Å². The zero-order chi connectivity index (χ0) is 14.5. The van der Waals surface area contributed by atoms with E-state index < -0.39 is 0 Å². The van der Waals surface area contributed by atoms with Crippen LogP contribution in [-0.4, -0.2) is 23.2 Å². The minimum atomic E-state index is -0.194. The molecular weight excluding hydrogens is 258 g/mol. The number of nitrogens with one attached hydrogen (secondary N) is 1. The van der Waals surface area contributed by atoms with Crippen LogP contribution in [0.4, 0.5) is 17.2 Å². The molecule has 2 aromatic rings. The first-order chi connectivity index (χ1) is 9.65. The van der Waals surface area contributed by atoms with Crippen LogP contribution < -0.4 is 15.1 Å². The van der Waals surface area contributed by atoms with Gasteiger partial charge in [0.05, 0.1) is 18.5 Å². The summed E-state index contributed by atoms with van der Waals surface area (Å²) < 4.78 is 5.15. The lowest BCUT2D eigenvalue weighted by Gasteiger charge is -2.21. The lowest BCUT2D eigenvalue weighted by Crippen LogP contribution is -2.23. The Labute approximate surface area is 116 Å². The number of carbonyl (C=O) groups is 1. The molecule has 0 saturated heterocycles. The van der Waals surface area contributed by atoms with Gasteiger partial charge >= 0.3 is 0 Å². The lowest BCUT2D eigenvalue weighted by molar-refractivity contribution is -0.115. The number of aromatic nitrogens is 1. The molecule has 0 unspecified atom stereocenters. The van der Waals surface area contributed by atoms with Crippen LogP contribution in [0.5, 0.6) is 5.75 Å². The maximum atomic E-state index is 11.9. The summed E-state index contributed by atoms with van der Waals surface area (Å²) in [5.41, 5.74) is 3.12. The topological polar surface area (TPSA) is 74.7 Å². The summed E-state index contributed by atoms with van der Waals surface area (Å²) in [7, 11) is 1.56. The first-order valence-electron chi connectivity index (χ1n) is 5.96. The van der Waals surface area contributed by atoms with Crippen molar-refractivity contribution in [3.05, 3.63) is 42.6 Å². The number of carbonyl (C=O) groups excluding carboxylic acids is 1. The summed E-state index contributed by atoms with van der Waals surface area (Å²) in [5.74, 6) is 0.857. The van der Waals surface area contributed by atoms with E-state index in [0.29, 0.717) is 22.9 Å². The molecule has 1 amide bonds. The Morgan fingerprint density at radius 2 is 2.15 bits per heavy atom. The van der Waals surface area contributed by atoms with Crippen molar-refractivity contribution >= 4 is 23.1 Å². The van der Waals surface area contributed by atoms with Crippen LogP contribution in [0.1, 0.15) is 6.92 Å². The standard InChI is InChI=1S/C14H15N3O3/c1-10(18)17(12-4-3-5-13(9-12)20-2)14-8-11(16-19)6-7-15-14/h3-9,19H,1-2H3,(H,15,16). The van der Waals surface area contributed by atoms with Crippen LogP contribution in [-0.2, 0) is 4.79 Å². The molecule has 1 heterocycles. The van der Waals surface area contributed by atoms with Gasteiger partial charge in [-0.15, -0.1) is 0 Å². The van der Waals surface area contributed by atoms with Gasteiger partial charge in [-0.3, -0.25) is 20.4 Å². The fraction of sp³-hybridized carbons (Fsp3) is 0.143. The van der Waals surface area contributed by atoms with Crippen LogP contribution >= 0.6 is 0 Å². The van der Waals surface area contributed by atoms with Crippen LogP contribution in [0, 0.1) is 0 Å². The first kappa shape index (κ1) is 13.8. The van der Waals surface area contributed by atoms with E-state index in [9.17, 15) is 4.79 Å². The number of hydrogen-bond donors (Lipinski definition) is 2. The summed E-state index contributed by atoms with van der Waals surface area (Å²) >= 11 is 0. The van der Waals surface area contributed by atoms with Gasteiger partial charge in [0.2, 0.25) is 5.91 Å². The van der Waals surface area contributed by atoms with Gasteiger partial charge in [0.15, 0.2) is 0 Å². The molecule has 0 atom stereocenters. The molecule has 1 aromatic heterocycles. The molecule has 20 heavy (non-hydrogen) atoms. The SMILES string of the molecule is COc1cccc(N(C(C)=O)c2cc(NO)ccn2)c1. The van der Waals surface area contributed by atoms with E-state index in [1.807, 2.05) is 5.48 Å². The second kappa shape index (κ2) is 6.03. The number of methoxy groups -OCH3 is 1. The third-order valence-electron chi connectivity index (χ3n) is 2.73. The third-order valence-corrected chi connectivity index (χ3v) is 2.73. The number of rotatable bonds is 4. The Bertz CT molecular complexity index is 569. The summed E-state index contributed by atoms with van der Waals surface area (Å²) in [6.07, 6.45) is 1.50. The molecule has 0 fully saturated rings. The highest BCUT2D eigenvalue weighted by atomic mass is 16.5. The average molecular weight is 273 g/mol. The largest absolute Gasteiger partial charge is 0.497 e. The van der Waals surface area contributed by atoms with Gasteiger partial charge in [-0.05, 0) is 18.2 Å². The van der Waals surface area contributed by atoms with Crippen LogP contribution in [0.15, 0.2) is 42.6 Å². The van der Waals surface area contributed by atoms with Crippen molar-refractivity contribution in [3.63, 3.8) is 0 Å². The molecule has 2 rings (SSSR count). The molecule has 0 saturated carbocycles. The zero-order valence-electron chi connectivity index (χ0n) is 11.2. The van der Waals surface area contributed by atoms with E-state index in [2.05, 4.69) is 4.98 Å². The maximum Gasteiger partial charge on any atom is 0.229 e. The van der Waals surface area contributed by atoms with Gasteiger partial charge < -0.3 is 4.74 Å². The molecule has 2 N–H and O–H groups in total. The highest BCUT2D eigenvalue weighted by Crippen LogP contribution is 2.28. The Hall–Kier alpha value is -2.60. The van der Waals surface area contributed by atoms with Crippen LogP contribution in [0.2, 0.25) is 0 Å². The number of hydrogen-bond acceptors (Lipinski definition) is 5. The number of pyridine rings is 1. The Balaban J connectivity index is 2.47. The summed E-state index contributed by atoms with van der Waals surface area (Å²) in [4.78, 5) is 17.5. The smallest absolute Gasteiger partial charge is 0.229 e. The minimum absolute atomic E-state index is 0.194. The highest BCUT2D eigenvalue weighted by molar-refractivity contribution is 5.98. The average Bonchev–Trinajstić information content (AvgIpc) is 2.47. The molecule has 6 nitrogen and oxygen atoms in total. The van der Waals surface area contributed by atoms with E-state index in [0.717, 1.165) is 0 Å². The minimum Gasteiger partial charge on any atom is -0.497 e. The van der Waals surface area contributed by atoms with E-state index in [-0.39, 0.29) is 5.91 Å². The first-order valence-corrected chi connectivity index (χ1v) is 5.96. The second-order valence-electron chi connectivity index (χ2n) is 4.07. The van der Waals surface area contributed by atoms with Gasteiger partial charge in [0, 0.05) is 25.3 Å². The highest BCUT2D eigenvalue weighted by Gasteiger charge is 2.16. The van der Waals surface area contributed by atoms with Gasteiger partial charge in [0.25, 0.3) is 0 Å². The predicted octanol–water partition coefficient (Wildman–Crippen LogP) is 2.58. The maximum absolute atomic E-state index is 11.9. The molecular formula is C14H15N3O3. The predicted molar refractivity (Wildman–Crippen MR) is 75.5 cm³/mol. The summed E-state index contributed by atoms with van der Waals surface area (Å²) in [5, 5.41) is 8.93. The number of amides is 1. The van der Waals surface area contributed by atoms with Gasteiger partial charge in [0.1, 0.15) is 11.6 Å². The molecule has 0 radical (unpaired) electrons. The molecule has 0 aliphatic rings. The molecule has 0 bridgehead atoms. The lowest BCUT2D eigenvalue weighted by atomic mass is 10.2. The summed E-state index contributed by atoms with van der Waals surface area (Å²) in [6.45, 7) is 1.44. The number of benzene rings is 1. The van der Waals surface area contributed by atoms with Gasteiger partial charge in [-0.25, -0.2) is 4.98 Å². The van der Waals surface area contributed by atoms with Gasteiger partial charge in [-0.1, -0.05) is 6.07 Å². The number of nitrogens with zero attached hydrogens (tertiary/aromatic N) is 2. The van der Waals surface area contributed by atoms with E-state index >= 15 is 0 Å². The Morgan fingerprint density at radius 1 is 1.35 bits per heavy atom. The number of anilines is 3. The molecule has 0 aliphatic carbocycles. The van der Waals surface area contributed by atoms with E-state index in [1.165, 1.54) is 18.0 Å². The van der Waals surface area contributed by atoms with Crippen molar-refractivity contribution in [1.82, 2.24) is 4.98 Å². The zero-order valence-corrected chi connectivity index (χ0v) is 11.2. The fourth-order valence-electron chi connectivity index (χ4n) is 1.84. The molecule has 1 aromatic carbocycles. The van der Waals surface area contributed by atoms with Gasteiger partial charge in [-0.2, -0.15) is 0 Å². The third kappa shape index (κ3) is 2.86. The fourth-order valence-corrected chi connectivity index (χ4v) is 1.84. The van der Waals surface area contributed by atoms with Crippen molar-refractivity contribution in [2.75, 3.05) is 17.5 Å².